The monoisotopic (exact) mass is 53.1 g/mol. The molecule has 0 heterocycles. The van der Waals surface area contributed by atoms with E-state index in [1.807, 2.05) is 0 Å². The zero-order chi connectivity index (χ0) is 0. The average molecular weight is 53.0 g/mol. The third-order valence-corrected chi connectivity index (χ3v) is 0. The van der Waals surface area contributed by atoms with Gasteiger partial charge >= 0.3 is 29.0 Å². The van der Waals surface area contributed by atoms with E-state index in [0.717, 1.165) is 0 Å². The first-order valence-corrected chi connectivity index (χ1v) is 0. The van der Waals surface area contributed by atoms with Gasteiger partial charge < -0.3 is 11.0 Å². The summed E-state index contributed by atoms with van der Waals surface area (Å²) in [6.45, 7) is 0. The van der Waals surface area contributed by atoms with Crippen molar-refractivity contribution in [2.24, 2.45) is 0 Å². The molecule has 0 radical (unpaired) electrons. The van der Waals surface area contributed by atoms with Crippen LogP contribution in [-0.2, 0) is 0 Å². The second-order valence-corrected chi connectivity index (χ2v) is 0. The van der Waals surface area contributed by atoms with E-state index in [9.17, 15) is 0 Å². The Bertz CT molecular complexity index is 6.00. The quantitative estimate of drug-likeness (QED) is 0.255. The molecule has 0 rings (SSSR count). The molecule has 0 aromatic heterocycles. The predicted molar refractivity (Wildman–Crippen MR) is 14.1 cm³/mol. The minimum absolute atomic E-state index is 0. The Morgan fingerprint density at radius 2 is 1.00 bits per heavy atom. The van der Waals surface area contributed by atoms with Gasteiger partial charge in [0.05, 0.1) is 0 Å². The van der Waals surface area contributed by atoms with Crippen molar-refractivity contribution in [2.45, 2.75) is 0 Å². The summed E-state index contributed by atoms with van der Waals surface area (Å²) in [5.41, 5.74) is 0. The fraction of sp³-hybridized carbons (Fsp3) is 0. The molecule has 2 nitrogen and oxygen atoms in total. The molecule has 0 aliphatic carbocycles. The predicted octanol–water partition coefficient (Wildman–Crippen LogP) is -4.91. The Balaban J connectivity index is 0. The topological polar surface area (TPSA) is 61.5 Å². The number of hydrogen-bond donors (Lipinski definition) is 0. The Morgan fingerprint density at radius 1 is 1.00 bits per heavy atom. The molecule has 0 amide bonds. The molecule has 0 spiro atoms. The Hall–Kier alpha value is 0.686. The van der Waals surface area contributed by atoms with Crippen LogP contribution in [0.15, 0.2) is 0 Å². The molecule has 0 aliphatic heterocycles. The van der Waals surface area contributed by atoms with Gasteiger partial charge in [0.2, 0.25) is 0 Å². The third kappa shape index (κ3) is 16.2. The van der Waals surface area contributed by atoms with E-state index >= 15 is 0 Å². The van der Waals surface area contributed by atoms with Crippen molar-refractivity contribution < 1.29 is 29.8 Å². The van der Waals surface area contributed by atoms with Gasteiger partial charge in [0.15, 0.2) is 0 Å². The molecule has 0 saturated heterocycles. The Morgan fingerprint density at radius 3 is 1.00 bits per heavy atom. The van der Waals surface area contributed by atoms with Gasteiger partial charge in [-0.3, -0.25) is 0 Å². The maximum Gasteiger partial charge on any atom is 1.00 e. The van der Waals surface area contributed by atoms with Crippen molar-refractivity contribution >= 4 is 10.1 Å². The van der Waals surface area contributed by atoms with Crippen LogP contribution in [0.2, 0.25) is 0 Å². The van der Waals surface area contributed by atoms with Crippen LogP contribution < -0.4 is 18.9 Å². The Kier molecular flexibility index (Phi) is 1910. The fourth-order valence-corrected chi connectivity index (χ4v) is 0. The van der Waals surface area contributed by atoms with Gasteiger partial charge in [0.25, 0.3) is 0 Å². The maximum atomic E-state index is 0. The summed E-state index contributed by atoms with van der Waals surface area (Å²) in [5, 5.41) is 0. The first kappa shape index (κ1) is 135. The van der Waals surface area contributed by atoms with E-state index < -0.39 is 0 Å². The zero-order valence-corrected chi connectivity index (χ0v) is 1.95. The van der Waals surface area contributed by atoms with Crippen LogP contribution >= 0.6 is 0 Å². The van der Waals surface area contributed by atoms with Gasteiger partial charge in [-0.05, 0) is 0 Å². The van der Waals surface area contributed by atoms with E-state index in [4.69, 9.17) is 0 Å². The van der Waals surface area contributed by atoms with Crippen molar-refractivity contribution in [1.29, 1.82) is 0 Å². The Labute approximate surface area is 40.6 Å². The molecule has 4 heteroatoms. The summed E-state index contributed by atoms with van der Waals surface area (Å²) in [6, 6.07) is 0. The molecule has 0 fully saturated rings. The molecular formula is H5BeLiO2. The third-order valence-electron chi connectivity index (χ3n) is 0. The summed E-state index contributed by atoms with van der Waals surface area (Å²) >= 11 is 0. The molecule has 0 aliphatic rings. The molecule has 4 heavy (non-hydrogen) atoms. The molecule has 0 atom stereocenters. The summed E-state index contributed by atoms with van der Waals surface area (Å²) in [4.78, 5) is 0. The summed E-state index contributed by atoms with van der Waals surface area (Å²) in [5.74, 6) is 0. The second-order valence-electron chi connectivity index (χ2n) is 0. The molecular weight excluding hydrogens is 48.0 g/mol. The van der Waals surface area contributed by atoms with Crippen LogP contribution in [-0.4, -0.2) is 21.1 Å². The van der Waals surface area contributed by atoms with Crippen molar-refractivity contribution in [3.8, 4) is 0 Å². The first-order valence-electron chi connectivity index (χ1n) is 0. The maximum absolute atomic E-state index is 0. The van der Waals surface area contributed by atoms with Crippen LogP contribution in [0.5, 0.6) is 0 Å². The smallest absolute Gasteiger partial charge is 0.870 e. The van der Waals surface area contributed by atoms with Crippen LogP contribution in [0.25, 0.3) is 0 Å². The summed E-state index contributed by atoms with van der Waals surface area (Å²) in [6.07, 6.45) is 0. The van der Waals surface area contributed by atoms with Crippen LogP contribution in [0, 0.1) is 0 Å². The molecule has 0 unspecified atom stereocenters. The molecule has 3 N–H and O–H groups in total. The van der Waals surface area contributed by atoms with Crippen LogP contribution in [0.4, 0.5) is 0 Å². The van der Waals surface area contributed by atoms with Crippen LogP contribution in [0.3, 0.4) is 0 Å². The van der Waals surface area contributed by atoms with Gasteiger partial charge in [0.1, 0.15) is 0 Å². The molecule has 0 saturated carbocycles. The number of hydrogen-bond acceptors (Lipinski definition) is 1. The summed E-state index contributed by atoms with van der Waals surface area (Å²) in [7, 11) is 0. The van der Waals surface area contributed by atoms with E-state index in [1.165, 1.54) is 0 Å². The van der Waals surface area contributed by atoms with E-state index in [0.29, 0.717) is 0 Å². The second kappa shape index (κ2) is 56.5. The van der Waals surface area contributed by atoms with Gasteiger partial charge in [0, 0.05) is 0 Å². The van der Waals surface area contributed by atoms with Crippen molar-refractivity contribution in [2.75, 3.05) is 0 Å². The first-order chi connectivity index (χ1) is 0. The van der Waals surface area contributed by atoms with Crippen molar-refractivity contribution in [3.05, 3.63) is 0 Å². The standard InChI is InChI=1S/Be.Li.2H2O.2H/h;;2*1H2;;/q;+1;;;;/p-1. The van der Waals surface area contributed by atoms with E-state index in [2.05, 4.69) is 0 Å². The van der Waals surface area contributed by atoms with Crippen molar-refractivity contribution in [3.63, 3.8) is 0 Å². The largest absolute Gasteiger partial charge is 1.00 e. The van der Waals surface area contributed by atoms with Gasteiger partial charge in [-0.1, -0.05) is 0 Å². The molecule has 0 aromatic rings. The van der Waals surface area contributed by atoms with Gasteiger partial charge in [-0.15, -0.1) is 0 Å². The normalized spacial score (nSPS) is 0. The average Bonchev–Trinajstić information content (AvgIpc) is 0. The zero-order valence-electron chi connectivity index (χ0n) is 1.95. The van der Waals surface area contributed by atoms with Gasteiger partial charge in [-0.2, -0.15) is 0 Å². The van der Waals surface area contributed by atoms with Gasteiger partial charge in [-0.25, -0.2) is 0 Å². The number of rotatable bonds is 0. The fourth-order valence-electron chi connectivity index (χ4n) is 0. The van der Waals surface area contributed by atoms with E-state index in [1.54, 1.807) is 0 Å². The molecule has 20 valence electrons. The van der Waals surface area contributed by atoms with Crippen molar-refractivity contribution in [1.82, 2.24) is 0 Å². The summed E-state index contributed by atoms with van der Waals surface area (Å²) < 4.78 is 0. The minimum atomic E-state index is 0. The SMILES string of the molecule is O.[BeH2].[Li+].[OH-]. The van der Waals surface area contributed by atoms with E-state index in [-0.39, 0.29) is 39.9 Å². The van der Waals surface area contributed by atoms with Crippen LogP contribution in [0.1, 0.15) is 0 Å². The minimum Gasteiger partial charge on any atom is -0.870 e. The molecule has 0 aromatic carbocycles. The molecule has 0 bridgehead atoms.